The van der Waals surface area contributed by atoms with Crippen molar-refractivity contribution in [2.45, 2.75) is 40.3 Å². The molecule has 1 heterocycles. The second-order valence-corrected chi connectivity index (χ2v) is 7.13. The Hall–Kier alpha value is -2.07. The van der Waals surface area contributed by atoms with E-state index in [1.54, 1.807) is 21.3 Å². The smallest absolute Gasteiger partial charge is 0.191 e. The van der Waals surface area contributed by atoms with E-state index >= 15 is 0 Å². The third-order valence-corrected chi connectivity index (χ3v) is 4.82. The molecular formula is C23H35IN4O3. The summed E-state index contributed by atoms with van der Waals surface area (Å²) in [5, 5.41) is 6.67. The molecule has 0 unspecified atom stereocenters. The van der Waals surface area contributed by atoms with E-state index in [9.17, 15) is 0 Å². The number of guanidine groups is 1. The first-order chi connectivity index (χ1) is 14.5. The maximum Gasteiger partial charge on any atom is 0.191 e. The first-order valence-electron chi connectivity index (χ1n) is 10.1. The minimum atomic E-state index is 0. The van der Waals surface area contributed by atoms with E-state index in [0.717, 1.165) is 45.9 Å². The van der Waals surface area contributed by atoms with Crippen LogP contribution in [0.15, 0.2) is 29.4 Å². The Kier molecular flexibility index (Phi) is 12.2. The number of rotatable bonds is 10. The summed E-state index contributed by atoms with van der Waals surface area (Å²) < 4.78 is 16.5. The summed E-state index contributed by atoms with van der Waals surface area (Å²) in [6.45, 7) is 8.54. The lowest BCUT2D eigenvalue weighted by molar-refractivity contribution is 0.171. The number of ether oxygens (including phenoxy) is 3. The fourth-order valence-corrected chi connectivity index (χ4v) is 3.14. The standard InChI is InChI=1S/C23H34N4O3.HI/c1-16-8-9-19(21(12-16)30-11-7-10-28-5)14-26-23(24-4)27-15-20-18(3)22(29-6)17(2)13-25-20;/h8-9,12-13H,7,10-11,14-15H2,1-6H3,(H2,24,26,27);1H. The summed E-state index contributed by atoms with van der Waals surface area (Å²) >= 11 is 0. The van der Waals surface area contributed by atoms with Gasteiger partial charge in [0.05, 0.1) is 26.0 Å². The third-order valence-electron chi connectivity index (χ3n) is 4.82. The molecule has 2 rings (SSSR count). The molecule has 7 nitrogen and oxygen atoms in total. The zero-order valence-electron chi connectivity index (χ0n) is 19.4. The average molecular weight is 542 g/mol. The van der Waals surface area contributed by atoms with Gasteiger partial charge in [0, 0.05) is 56.6 Å². The minimum Gasteiger partial charge on any atom is -0.496 e. The molecule has 0 bridgehead atoms. The van der Waals surface area contributed by atoms with Crippen molar-refractivity contribution >= 4 is 29.9 Å². The predicted octanol–water partition coefficient (Wildman–Crippen LogP) is 3.91. The molecule has 0 saturated heterocycles. The normalized spacial score (nSPS) is 11.0. The molecule has 31 heavy (non-hydrogen) atoms. The Balaban J connectivity index is 0.00000480. The van der Waals surface area contributed by atoms with E-state index < -0.39 is 0 Å². The van der Waals surface area contributed by atoms with Crippen molar-refractivity contribution in [3.05, 3.63) is 52.3 Å². The zero-order valence-corrected chi connectivity index (χ0v) is 21.7. The van der Waals surface area contributed by atoms with Crippen LogP contribution in [0.3, 0.4) is 0 Å². The summed E-state index contributed by atoms with van der Waals surface area (Å²) in [6.07, 6.45) is 2.69. The molecular weight excluding hydrogens is 507 g/mol. The van der Waals surface area contributed by atoms with Crippen LogP contribution in [0.4, 0.5) is 0 Å². The number of nitrogens with one attached hydrogen (secondary N) is 2. The molecule has 0 amide bonds. The molecule has 1 aromatic heterocycles. The Morgan fingerprint density at radius 2 is 1.81 bits per heavy atom. The summed E-state index contributed by atoms with van der Waals surface area (Å²) in [5.74, 6) is 2.45. The van der Waals surface area contributed by atoms with Gasteiger partial charge in [0.2, 0.25) is 0 Å². The number of halogens is 1. The highest BCUT2D eigenvalue weighted by Crippen LogP contribution is 2.24. The number of methoxy groups -OCH3 is 2. The third kappa shape index (κ3) is 8.17. The Morgan fingerprint density at radius 3 is 2.48 bits per heavy atom. The first kappa shape index (κ1) is 27.0. The van der Waals surface area contributed by atoms with Crippen molar-refractivity contribution in [2.75, 3.05) is 34.5 Å². The lowest BCUT2D eigenvalue weighted by Gasteiger charge is -2.17. The molecule has 172 valence electrons. The van der Waals surface area contributed by atoms with Gasteiger partial charge in [-0.25, -0.2) is 0 Å². The van der Waals surface area contributed by atoms with Gasteiger partial charge in [0.25, 0.3) is 0 Å². The van der Waals surface area contributed by atoms with Gasteiger partial charge < -0.3 is 24.8 Å². The van der Waals surface area contributed by atoms with Crippen LogP contribution < -0.4 is 20.1 Å². The fourth-order valence-electron chi connectivity index (χ4n) is 3.14. The molecule has 0 fully saturated rings. The van der Waals surface area contributed by atoms with E-state index in [0.29, 0.717) is 32.3 Å². The minimum absolute atomic E-state index is 0. The SMILES string of the molecule is CN=C(NCc1ccc(C)cc1OCCCOC)NCc1ncc(C)c(OC)c1C.I. The number of aliphatic imine (C=N–C) groups is 1. The molecule has 0 saturated carbocycles. The van der Waals surface area contributed by atoms with Gasteiger partial charge >= 0.3 is 0 Å². The first-order valence-corrected chi connectivity index (χ1v) is 10.1. The van der Waals surface area contributed by atoms with Gasteiger partial charge in [0.15, 0.2) is 5.96 Å². The molecule has 0 atom stereocenters. The Bertz CT molecular complexity index is 859. The number of hydrogen-bond acceptors (Lipinski definition) is 5. The second kappa shape index (κ2) is 14.1. The van der Waals surface area contributed by atoms with Gasteiger partial charge in [-0.2, -0.15) is 0 Å². The van der Waals surface area contributed by atoms with E-state index in [1.165, 1.54) is 0 Å². The van der Waals surface area contributed by atoms with Crippen molar-refractivity contribution in [2.24, 2.45) is 4.99 Å². The van der Waals surface area contributed by atoms with Crippen molar-refractivity contribution < 1.29 is 14.2 Å². The van der Waals surface area contributed by atoms with Gasteiger partial charge in [-0.1, -0.05) is 12.1 Å². The largest absolute Gasteiger partial charge is 0.496 e. The van der Waals surface area contributed by atoms with Gasteiger partial charge in [-0.05, 0) is 32.4 Å². The molecule has 0 radical (unpaired) electrons. The highest BCUT2D eigenvalue weighted by atomic mass is 127. The van der Waals surface area contributed by atoms with E-state index in [4.69, 9.17) is 14.2 Å². The van der Waals surface area contributed by atoms with Crippen LogP contribution in [0.2, 0.25) is 0 Å². The average Bonchev–Trinajstić information content (AvgIpc) is 2.74. The zero-order chi connectivity index (χ0) is 21.9. The predicted molar refractivity (Wildman–Crippen MR) is 136 cm³/mol. The Labute approximate surface area is 203 Å². The van der Waals surface area contributed by atoms with Gasteiger partial charge in [0.1, 0.15) is 11.5 Å². The van der Waals surface area contributed by atoms with Crippen LogP contribution in [0.5, 0.6) is 11.5 Å². The molecule has 1 aromatic carbocycles. The number of nitrogens with zero attached hydrogens (tertiary/aromatic N) is 2. The maximum absolute atomic E-state index is 5.96. The van der Waals surface area contributed by atoms with Crippen LogP contribution >= 0.6 is 24.0 Å². The van der Waals surface area contributed by atoms with Crippen molar-refractivity contribution in [1.29, 1.82) is 0 Å². The summed E-state index contributed by atoms with van der Waals surface area (Å²) in [4.78, 5) is 8.85. The number of aryl methyl sites for hydroxylation is 2. The molecule has 0 aliphatic carbocycles. The van der Waals surface area contributed by atoms with Crippen LogP contribution in [-0.4, -0.2) is 45.4 Å². The highest BCUT2D eigenvalue weighted by molar-refractivity contribution is 14.0. The maximum atomic E-state index is 5.96. The summed E-state index contributed by atoms with van der Waals surface area (Å²) in [5.41, 5.74) is 5.23. The monoisotopic (exact) mass is 542 g/mol. The fraction of sp³-hybridized carbons (Fsp3) is 0.478. The van der Waals surface area contributed by atoms with Crippen molar-refractivity contribution in [3.63, 3.8) is 0 Å². The Morgan fingerprint density at radius 1 is 1.06 bits per heavy atom. The van der Waals surface area contributed by atoms with E-state index in [1.807, 2.05) is 20.0 Å². The van der Waals surface area contributed by atoms with E-state index in [2.05, 4.69) is 45.7 Å². The van der Waals surface area contributed by atoms with Crippen LogP contribution in [0.1, 0.15) is 34.4 Å². The lowest BCUT2D eigenvalue weighted by atomic mass is 10.1. The van der Waals surface area contributed by atoms with Gasteiger partial charge in [-0.3, -0.25) is 9.98 Å². The van der Waals surface area contributed by atoms with Crippen molar-refractivity contribution in [1.82, 2.24) is 15.6 Å². The molecule has 2 aromatic rings. The number of benzene rings is 1. The second-order valence-electron chi connectivity index (χ2n) is 7.13. The molecule has 8 heteroatoms. The summed E-state index contributed by atoms with van der Waals surface area (Å²) in [6, 6.07) is 6.23. The number of pyridine rings is 1. The molecule has 2 N–H and O–H groups in total. The molecule has 0 aliphatic heterocycles. The van der Waals surface area contributed by atoms with Crippen LogP contribution in [0, 0.1) is 20.8 Å². The molecule has 0 aliphatic rings. The lowest BCUT2D eigenvalue weighted by Crippen LogP contribution is -2.36. The highest BCUT2D eigenvalue weighted by Gasteiger charge is 2.11. The number of aromatic nitrogens is 1. The van der Waals surface area contributed by atoms with Crippen LogP contribution in [-0.2, 0) is 17.8 Å². The molecule has 0 spiro atoms. The van der Waals surface area contributed by atoms with Gasteiger partial charge in [-0.15, -0.1) is 24.0 Å². The number of hydrogen-bond donors (Lipinski definition) is 2. The topological polar surface area (TPSA) is 77.0 Å². The van der Waals surface area contributed by atoms with Crippen molar-refractivity contribution in [3.8, 4) is 11.5 Å². The summed E-state index contributed by atoms with van der Waals surface area (Å²) in [7, 11) is 5.14. The van der Waals surface area contributed by atoms with Crippen LogP contribution in [0.25, 0.3) is 0 Å². The van der Waals surface area contributed by atoms with E-state index in [-0.39, 0.29) is 24.0 Å². The quantitative estimate of drug-likeness (QED) is 0.205.